The maximum atomic E-state index is 13.1. The second-order valence-electron chi connectivity index (χ2n) is 8.07. The van der Waals surface area contributed by atoms with Crippen LogP contribution in [0.4, 0.5) is 5.69 Å². The van der Waals surface area contributed by atoms with Crippen LogP contribution in [-0.2, 0) is 17.9 Å². The summed E-state index contributed by atoms with van der Waals surface area (Å²) in [5.41, 5.74) is 3.06. The topological polar surface area (TPSA) is 101 Å². The smallest absolute Gasteiger partial charge is 0.263 e. The summed E-state index contributed by atoms with van der Waals surface area (Å²) in [5, 5.41) is 11.8. The molecular formula is C27H25N3O5. The number of nitrogens with zero attached hydrogens (tertiary/aromatic N) is 2. The number of nitriles is 1. The lowest BCUT2D eigenvalue weighted by Crippen LogP contribution is -2.37. The van der Waals surface area contributed by atoms with Crippen LogP contribution in [0, 0.1) is 11.3 Å². The molecule has 8 heteroatoms. The lowest BCUT2D eigenvalue weighted by Gasteiger charge is -2.24. The summed E-state index contributed by atoms with van der Waals surface area (Å²) in [7, 11) is 3.13. The Balaban J connectivity index is 1.58. The molecule has 3 aromatic carbocycles. The van der Waals surface area contributed by atoms with Crippen molar-refractivity contribution in [3.63, 3.8) is 0 Å². The highest BCUT2D eigenvalue weighted by Crippen LogP contribution is 2.34. The van der Waals surface area contributed by atoms with E-state index < -0.39 is 6.10 Å². The molecule has 4 rings (SSSR count). The SMILES string of the molecule is COc1cccc(CN2Cc3cc(NC(=O)c4ccc(C#N)cc4)ccc3O[C@@H](C)C2=O)c1OC. The van der Waals surface area contributed by atoms with Gasteiger partial charge in [-0.25, -0.2) is 0 Å². The molecule has 0 aromatic heterocycles. The van der Waals surface area contributed by atoms with Crippen LogP contribution in [0.1, 0.15) is 34.0 Å². The van der Waals surface area contributed by atoms with Crippen molar-refractivity contribution in [3.8, 4) is 23.3 Å². The lowest BCUT2D eigenvalue weighted by atomic mass is 10.1. The number of hydrogen-bond donors (Lipinski definition) is 1. The molecule has 0 aliphatic carbocycles. The monoisotopic (exact) mass is 471 g/mol. The summed E-state index contributed by atoms with van der Waals surface area (Å²) < 4.78 is 16.8. The largest absolute Gasteiger partial charge is 0.493 e. The van der Waals surface area contributed by atoms with Gasteiger partial charge >= 0.3 is 0 Å². The van der Waals surface area contributed by atoms with Crippen molar-refractivity contribution >= 4 is 17.5 Å². The van der Waals surface area contributed by atoms with Crippen molar-refractivity contribution in [2.75, 3.05) is 19.5 Å². The van der Waals surface area contributed by atoms with Gasteiger partial charge in [0.15, 0.2) is 17.6 Å². The Morgan fingerprint density at radius 1 is 1.14 bits per heavy atom. The number of nitrogens with one attached hydrogen (secondary N) is 1. The van der Waals surface area contributed by atoms with Crippen LogP contribution in [0.3, 0.4) is 0 Å². The molecule has 1 atom stereocenters. The van der Waals surface area contributed by atoms with Gasteiger partial charge in [-0.05, 0) is 55.5 Å². The van der Waals surface area contributed by atoms with Crippen LogP contribution in [0.25, 0.3) is 0 Å². The average Bonchev–Trinajstić information content (AvgIpc) is 2.99. The number of rotatable bonds is 6. The molecule has 2 amide bonds. The Hall–Kier alpha value is -4.51. The second-order valence-corrected chi connectivity index (χ2v) is 8.07. The minimum atomic E-state index is -0.674. The molecule has 35 heavy (non-hydrogen) atoms. The van der Waals surface area contributed by atoms with Crippen LogP contribution in [0.15, 0.2) is 60.7 Å². The molecule has 1 N–H and O–H groups in total. The summed E-state index contributed by atoms with van der Waals surface area (Å²) in [6.07, 6.45) is -0.674. The quantitative estimate of drug-likeness (QED) is 0.580. The van der Waals surface area contributed by atoms with E-state index >= 15 is 0 Å². The van der Waals surface area contributed by atoms with E-state index in [1.807, 2.05) is 18.2 Å². The highest BCUT2D eigenvalue weighted by atomic mass is 16.5. The Bertz CT molecular complexity index is 1300. The van der Waals surface area contributed by atoms with Gasteiger partial charge in [0.05, 0.1) is 25.9 Å². The van der Waals surface area contributed by atoms with Gasteiger partial charge in [0.1, 0.15) is 5.75 Å². The van der Waals surface area contributed by atoms with Gasteiger partial charge in [0.25, 0.3) is 11.8 Å². The molecule has 0 unspecified atom stereocenters. The predicted molar refractivity (Wildman–Crippen MR) is 129 cm³/mol. The Labute approximate surface area is 203 Å². The molecule has 1 aliphatic heterocycles. The normalized spacial score (nSPS) is 14.7. The Morgan fingerprint density at radius 2 is 1.91 bits per heavy atom. The van der Waals surface area contributed by atoms with Crippen LogP contribution >= 0.6 is 0 Å². The zero-order chi connectivity index (χ0) is 24.9. The van der Waals surface area contributed by atoms with E-state index in [4.69, 9.17) is 19.5 Å². The van der Waals surface area contributed by atoms with Gasteiger partial charge in [-0.15, -0.1) is 0 Å². The van der Waals surface area contributed by atoms with E-state index in [1.165, 1.54) is 0 Å². The van der Waals surface area contributed by atoms with E-state index in [1.54, 1.807) is 74.6 Å². The van der Waals surface area contributed by atoms with E-state index in [0.717, 1.165) is 11.1 Å². The predicted octanol–water partition coefficient (Wildman–Crippen LogP) is 4.14. The van der Waals surface area contributed by atoms with E-state index in [9.17, 15) is 9.59 Å². The van der Waals surface area contributed by atoms with Crippen molar-refractivity contribution in [1.29, 1.82) is 5.26 Å². The van der Waals surface area contributed by atoms with Crippen molar-refractivity contribution in [2.24, 2.45) is 0 Å². The third-order valence-corrected chi connectivity index (χ3v) is 5.76. The fraction of sp³-hybridized carbons (Fsp3) is 0.222. The number of carbonyl (C=O) groups excluding carboxylic acids is 2. The molecular weight excluding hydrogens is 446 g/mol. The second kappa shape index (κ2) is 10.2. The fourth-order valence-corrected chi connectivity index (χ4v) is 3.99. The summed E-state index contributed by atoms with van der Waals surface area (Å²) in [4.78, 5) is 27.5. The summed E-state index contributed by atoms with van der Waals surface area (Å²) in [5.74, 6) is 1.29. The number of ether oxygens (including phenoxy) is 3. The van der Waals surface area contributed by atoms with Gasteiger partial charge in [-0.2, -0.15) is 5.26 Å². The maximum absolute atomic E-state index is 13.1. The zero-order valence-corrected chi connectivity index (χ0v) is 19.7. The standard InChI is InChI=1S/C27H25N3O5/c1-17-27(32)30(15-20-5-4-6-24(33-2)25(20)34-3)16-21-13-22(11-12-23(21)35-17)29-26(31)19-9-7-18(14-28)8-10-19/h4-13,17H,15-16H2,1-3H3,(H,29,31)/t17-/m0/s1. The van der Waals surface area contributed by atoms with Gasteiger partial charge in [-0.1, -0.05) is 12.1 Å². The van der Waals surface area contributed by atoms with Crippen LogP contribution < -0.4 is 19.5 Å². The Morgan fingerprint density at radius 3 is 2.60 bits per heavy atom. The summed E-state index contributed by atoms with van der Waals surface area (Å²) in [6, 6.07) is 19.3. The number of fused-ring (bicyclic) bond motifs is 1. The zero-order valence-electron chi connectivity index (χ0n) is 19.7. The molecule has 0 radical (unpaired) electrons. The molecule has 8 nitrogen and oxygen atoms in total. The molecule has 0 saturated heterocycles. The third kappa shape index (κ3) is 5.04. The highest BCUT2D eigenvalue weighted by Gasteiger charge is 2.29. The number of benzene rings is 3. The number of para-hydroxylation sites is 1. The molecule has 0 spiro atoms. The first kappa shape index (κ1) is 23.6. The van der Waals surface area contributed by atoms with Crippen LogP contribution in [-0.4, -0.2) is 37.0 Å². The molecule has 3 aromatic rings. The van der Waals surface area contributed by atoms with Crippen molar-refractivity contribution in [2.45, 2.75) is 26.1 Å². The fourth-order valence-electron chi connectivity index (χ4n) is 3.99. The van der Waals surface area contributed by atoms with Crippen molar-refractivity contribution in [1.82, 2.24) is 4.90 Å². The van der Waals surface area contributed by atoms with Crippen LogP contribution in [0.5, 0.6) is 17.2 Å². The van der Waals surface area contributed by atoms with Crippen molar-refractivity contribution in [3.05, 3.63) is 82.9 Å². The number of anilines is 1. The third-order valence-electron chi connectivity index (χ3n) is 5.76. The van der Waals surface area contributed by atoms with E-state index in [0.29, 0.717) is 47.2 Å². The minimum absolute atomic E-state index is 0.158. The van der Waals surface area contributed by atoms with Gasteiger partial charge in [0, 0.05) is 35.5 Å². The first-order valence-corrected chi connectivity index (χ1v) is 11.0. The summed E-state index contributed by atoms with van der Waals surface area (Å²) in [6.45, 7) is 2.31. The molecule has 1 heterocycles. The van der Waals surface area contributed by atoms with E-state index in [2.05, 4.69) is 5.32 Å². The van der Waals surface area contributed by atoms with Crippen LogP contribution in [0.2, 0.25) is 0 Å². The molecule has 0 saturated carbocycles. The number of hydrogen-bond acceptors (Lipinski definition) is 6. The minimum Gasteiger partial charge on any atom is -0.493 e. The number of carbonyl (C=O) groups is 2. The number of methoxy groups -OCH3 is 2. The molecule has 1 aliphatic rings. The van der Waals surface area contributed by atoms with Crippen molar-refractivity contribution < 1.29 is 23.8 Å². The summed E-state index contributed by atoms with van der Waals surface area (Å²) >= 11 is 0. The first-order chi connectivity index (χ1) is 16.9. The van der Waals surface area contributed by atoms with Gasteiger partial charge in [0.2, 0.25) is 0 Å². The molecule has 0 bridgehead atoms. The Kier molecular flexibility index (Phi) is 6.88. The van der Waals surface area contributed by atoms with E-state index in [-0.39, 0.29) is 11.8 Å². The molecule has 178 valence electrons. The lowest BCUT2D eigenvalue weighted by molar-refractivity contribution is -0.138. The van der Waals surface area contributed by atoms with Gasteiger partial charge in [-0.3, -0.25) is 9.59 Å². The highest BCUT2D eigenvalue weighted by molar-refractivity contribution is 6.04. The average molecular weight is 472 g/mol. The van der Waals surface area contributed by atoms with Gasteiger partial charge < -0.3 is 24.4 Å². The molecule has 0 fully saturated rings. The number of amides is 2. The first-order valence-electron chi connectivity index (χ1n) is 11.0. The maximum Gasteiger partial charge on any atom is 0.263 e.